The number of thioether (sulfide) groups is 1. The van der Waals surface area contributed by atoms with Gasteiger partial charge in [-0.3, -0.25) is 4.57 Å². The Morgan fingerprint density at radius 1 is 1.25 bits per heavy atom. The minimum Gasteiger partial charge on any atom is -0.299 e. The van der Waals surface area contributed by atoms with Crippen molar-refractivity contribution in [3.8, 4) is 11.4 Å². The molecule has 0 atom stereocenters. The van der Waals surface area contributed by atoms with Crippen LogP contribution in [0.15, 0.2) is 39.3 Å². The first kappa shape index (κ1) is 17.7. The molecule has 2 aromatic heterocycles. The highest BCUT2D eigenvalue weighted by Gasteiger charge is 2.19. The Kier molecular flexibility index (Phi) is 5.47. The van der Waals surface area contributed by atoms with Crippen molar-refractivity contribution in [2.45, 2.75) is 44.6 Å². The summed E-state index contributed by atoms with van der Waals surface area (Å²) in [4.78, 5) is 1.34. The van der Waals surface area contributed by atoms with Gasteiger partial charge in [-0.2, -0.15) is 0 Å². The maximum atomic E-state index is 4.50. The minimum absolute atomic E-state index is 0.319. The smallest absolute Gasteiger partial charge is 0.192 e. The van der Waals surface area contributed by atoms with Gasteiger partial charge in [-0.25, -0.2) is 0 Å². The summed E-state index contributed by atoms with van der Waals surface area (Å²) in [5.41, 5.74) is 3.78. The van der Waals surface area contributed by atoms with E-state index in [2.05, 4.69) is 82.0 Å². The van der Waals surface area contributed by atoms with Crippen LogP contribution >= 0.6 is 39.0 Å². The van der Waals surface area contributed by atoms with E-state index in [0.29, 0.717) is 6.04 Å². The van der Waals surface area contributed by atoms with Gasteiger partial charge in [0.15, 0.2) is 11.0 Å². The highest BCUT2D eigenvalue weighted by molar-refractivity contribution is 9.10. The van der Waals surface area contributed by atoms with E-state index in [1.54, 1.807) is 23.1 Å². The van der Waals surface area contributed by atoms with Crippen molar-refractivity contribution < 1.29 is 0 Å². The third-order valence-corrected chi connectivity index (χ3v) is 6.49. The van der Waals surface area contributed by atoms with E-state index in [-0.39, 0.29) is 0 Å². The predicted octanol–water partition coefficient (Wildman–Crippen LogP) is 6.26. The lowest BCUT2D eigenvalue weighted by Gasteiger charge is -2.13. The van der Waals surface area contributed by atoms with Crippen LogP contribution in [-0.4, -0.2) is 14.8 Å². The molecule has 0 saturated heterocycles. The number of aryl methyl sites for hydroxylation is 1. The predicted molar refractivity (Wildman–Crippen MR) is 107 cm³/mol. The Labute approximate surface area is 159 Å². The van der Waals surface area contributed by atoms with E-state index in [4.69, 9.17) is 0 Å². The van der Waals surface area contributed by atoms with Crippen LogP contribution in [0.1, 0.15) is 35.9 Å². The van der Waals surface area contributed by atoms with Gasteiger partial charge < -0.3 is 0 Å². The number of hydrogen-bond acceptors (Lipinski definition) is 4. The van der Waals surface area contributed by atoms with Crippen LogP contribution in [0.25, 0.3) is 11.4 Å². The Balaban J connectivity index is 1.90. The normalized spacial score (nSPS) is 11.4. The summed E-state index contributed by atoms with van der Waals surface area (Å²) < 4.78 is 3.35. The Morgan fingerprint density at radius 2 is 2.04 bits per heavy atom. The molecule has 3 rings (SSSR count). The molecule has 126 valence electrons. The van der Waals surface area contributed by atoms with Gasteiger partial charge >= 0.3 is 0 Å². The maximum Gasteiger partial charge on any atom is 0.192 e. The third-order valence-electron chi connectivity index (χ3n) is 3.96. The maximum absolute atomic E-state index is 4.50. The molecule has 0 aliphatic heterocycles. The average Bonchev–Trinajstić information content (AvgIpc) is 3.10. The average molecular weight is 422 g/mol. The first-order valence-corrected chi connectivity index (χ1v) is 10.5. The highest BCUT2D eigenvalue weighted by atomic mass is 79.9. The second-order valence-corrected chi connectivity index (χ2v) is 8.96. The van der Waals surface area contributed by atoms with Crippen molar-refractivity contribution in [2.75, 3.05) is 0 Å². The van der Waals surface area contributed by atoms with Gasteiger partial charge in [0.1, 0.15) is 0 Å². The van der Waals surface area contributed by atoms with Crippen LogP contribution in [0.5, 0.6) is 0 Å². The molecule has 0 spiro atoms. The van der Waals surface area contributed by atoms with Crippen LogP contribution in [-0.2, 0) is 5.75 Å². The summed E-state index contributed by atoms with van der Waals surface area (Å²) in [5.74, 6) is 1.86. The molecule has 0 unspecified atom stereocenters. The van der Waals surface area contributed by atoms with Gasteiger partial charge in [0.05, 0.1) is 0 Å². The molecule has 0 bridgehead atoms. The molecular weight excluding hydrogens is 402 g/mol. The molecular formula is C18H20BrN3S2. The first-order valence-electron chi connectivity index (χ1n) is 7.84. The Bertz CT molecular complexity index is 852. The van der Waals surface area contributed by atoms with Gasteiger partial charge in [-0.05, 0) is 51.0 Å². The van der Waals surface area contributed by atoms with E-state index in [0.717, 1.165) is 21.2 Å². The number of thiophene rings is 1. The minimum atomic E-state index is 0.319. The molecule has 24 heavy (non-hydrogen) atoms. The Morgan fingerprint density at radius 3 is 2.67 bits per heavy atom. The molecule has 2 heterocycles. The summed E-state index contributed by atoms with van der Waals surface area (Å²) in [6.45, 7) is 8.69. The molecule has 0 radical (unpaired) electrons. The van der Waals surface area contributed by atoms with Gasteiger partial charge in [0.2, 0.25) is 0 Å². The van der Waals surface area contributed by atoms with Crippen molar-refractivity contribution in [3.05, 3.63) is 50.1 Å². The standard InChI is InChI=1S/C18H20BrN3S2/c1-11(2)22-17(16-10-23-13(4)12(16)3)20-21-18(22)24-9-14-6-5-7-15(19)8-14/h5-8,10-11H,9H2,1-4H3. The van der Waals surface area contributed by atoms with Crippen molar-refractivity contribution in [2.24, 2.45) is 0 Å². The van der Waals surface area contributed by atoms with Crippen LogP contribution in [0, 0.1) is 13.8 Å². The second kappa shape index (κ2) is 7.42. The lowest BCUT2D eigenvalue weighted by Crippen LogP contribution is -2.05. The van der Waals surface area contributed by atoms with Crippen LogP contribution in [0.2, 0.25) is 0 Å². The van der Waals surface area contributed by atoms with Crippen LogP contribution in [0.3, 0.4) is 0 Å². The van der Waals surface area contributed by atoms with Gasteiger partial charge in [-0.15, -0.1) is 21.5 Å². The molecule has 0 aliphatic carbocycles. The topological polar surface area (TPSA) is 30.7 Å². The summed E-state index contributed by atoms with van der Waals surface area (Å²) in [6, 6.07) is 8.72. The lowest BCUT2D eigenvalue weighted by atomic mass is 10.1. The lowest BCUT2D eigenvalue weighted by molar-refractivity contribution is 0.555. The highest BCUT2D eigenvalue weighted by Crippen LogP contribution is 2.34. The second-order valence-electron chi connectivity index (χ2n) is 6.02. The molecule has 0 aliphatic rings. The van der Waals surface area contributed by atoms with Crippen molar-refractivity contribution in [1.29, 1.82) is 0 Å². The number of rotatable bonds is 5. The molecule has 3 aromatic rings. The van der Waals surface area contributed by atoms with Crippen molar-refractivity contribution in [3.63, 3.8) is 0 Å². The monoisotopic (exact) mass is 421 g/mol. The molecule has 0 N–H and O–H groups in total. The molecule has 3 nitrogen and oxygen atoms in total. The fourth-order valence-corrected chi connectivity index (χ4v) is 4.85. The van der Waals surface area contributed by atoms with Gasteiger partial charge in [-0.1, -0.05) is 39.8 Å². The Hall–Kier alpha value is -1.11. The number of nitrogens with zero attached hydrogens (tertiary/aromatic N) is 3. The van der Waals surface area contributed by atoms with E-state index < -0.39 is 0 Å². The SMILES string of the molecule is Cc1scc(-c2nnc(SCc3cccc(Br)c3)n2C(C)C)c1C. The first-order chi connectivity index (χ1) is 11.5. The molecule has 0 saturated carbocycles. The molecule has 0 fully saturated rings. The third kappa shape index (κ3) is 3.60. The molecule has 6 heteroatoms. The largest absolute Gasteiger partial charge is 0.299 e. The number of benzene rings is 1. The van der Waals surface area contributed by atoms with Crippen molar-refractivity contribution >= 4 is 39.0 Å². The summed E-state index contributed by atoms with van der Waals surface area (Å²) in [5, 5.41) is 12.1. The fraction of sp³-hybridized carbons (Fsp3) is 0.333. The summed E-state index contributed by atoms with van der Waals surface area (Å²) in [7, 11) is 0. The van der Waals surface area contributed by atoms with Crippen molar-refractivity contribution in [1.82, 2.24) is 14.8 Å². The van der Waals surface area contributed by atoms with Gasteiger partial charge in [0.25, 0.3) is 0 Å². The van der Waals surface area contributed by atoms with Crippen LogP contribution < -0.4 is 0 Å². The van der Waals surface area contributed by atoms with E-state index in [1.165, 1.54) is 21.6 Å². The zero-order valence-corrected chi connectivity index (χ0v) is 17.4. The molecule has 1 aromatic carbocycles. The van der Waals surface area contributed by atoms with Crippen LogP contribution in [0.4, 0.5) is 0 Å². The quantitative estimate of drug-likeness (QED) is 0.455. The van der Waals surface area contributed by atoms with E-state index in [1.807, 2.05) is 6.07 Å². The summed E-state index contributed by atoms with van der Waals surface area (Å²) in [6.07, 6.45) is 0. The molecule has 0 amide bonds. The number of halogens is 1. The van der Waals surface area contributed by atoms with E-state index >= 15 is 0 Å². The number of aromatic nitrogens is 3. The fourth-order valence-electron chi connectivity index (χ4n) is 2.53. The zero-order valence-electron chi connectivity index (χ0n) is 14.2. The van der Waals surface area contributed by atoms with Gasteiger partial charge in [0, 0.05) is 32.1 Å². The number of hydrogen-bond donors (Lipinski definition) is 0. The summed E-state index contributed by atoms with van der Waals surface area (Å²) >= 11 is 7.04. The zero-order chi connectivity index (χ0) is 17.3. The van der Waals surface area contributed by atoms with E-state index in [9.17, 15) is 0 Å².